The molecule has 0 bridgehead atoms. The molecule has 0 aliphatic rings. The van der Waals surface area contributed by atoms with Crippen LogP contribution in [0.5, 0.6) is 0 Å². The minimum absolute atomic E-state index is 0.328. The van der Waals surface area contributed by atoms with Gasteiger partial charge in [-0.1, -0.05) is 18.2 Å². The van der Waals surface area contributed by atoms with Crippen molar-refractivity contribution in [3.05, 3.63) is 59.5 Å². The summed E-state index contributed by atoms with van der Waals surface area (Å²) in [5.74, 6) is 1.10. The molecule has 0 saturated carbocycles. The number of hydrogen-bond acceptors (Lipinski definition) is 5. The fourth-order valence-corrected chi connectivity index (χ4v) is 2.52. The Morgan fingerprint density at radius 3 is 2.68 bits per heavy atom. The first kappa shape index (κ1) is 14.8. The largest absolute Gasteiger partial charge is 0.293 e. The van der Waals surface area contributed by atoms with Crippen molar-refractivity contribution in [1.82, 2.24) is 29.6 Å². The van der Waals surface area contributed by atoms with E-state index in [1.807, 2.05) is 44.2 Å². The van der Waals surface area contributed by atoms with Gasteiger partial charge in [0.05, 0.1) is 24.2 Å². The smallest absolute Gasteiger partial charge is 0.252 e. The van der Waals surface area contributed by atoms with Gasteiger partial charge in [0.1, 0.15) is 5.82 Å². The van der Waals surface area contributed by atoms with Gasteiger partial charge in [0.15, 0.2) is 11.5 Å². The summed E-state index contributed by atoms with van der Waals surface area (Å²) in [6.45, 7) is 11.1. The molecule has 0 atom stereocenters. The standard InChI is InChI=1S/C16H13N9/c1-10-14(16-22-19-11(2)24(16)23-10)20-21-15-13(17-3)9-18-25(15)12-7-5-4-6-8-12/h4-9,23H,1-2H3. The second-order valence-corrected chi connectivity index (χ2v) is 5.40. The minimum Gasteiger partial charge on any atom is -0.293 e. The number of nitrogens with one attached hydrogen (secondary N) is 1. The van der Waals surface area contributed by atoms with E-state index in [0.29, 0.717) is 22.8 Å². The molecule has 9 nitrogen and oxygen atoms in total. The van der Waals surface area contributed by atoms with Crippen LogP contribution < -0.4 is 0 Å². The maximum atomic E-state index is 7.33. The van der Waals surface area contributed by atoms with Crippen LogP contribution in [0.2, 0.25) is 0 Å². The average Bonchev–Trinajstić information content (AvgIpc) is 3.29. The molecule has 1 N–H and O–H groups in total. The van der Waals surface area contributed by atoms with Gasteiger partial charge in [0, 0.05) is 0 Å². The van der Waals surface area contributed by atoms with Crippen LogP contribution in [0, 0.1) is 20.4 Å². The Morgan fingerprint density at radius 1 is 1.12 bits per heavy atom. The van der Waals surface area contributed by atoms with Crippen molar-refractivity contribution in [3.8, 4) is 5.69 Å². The number of aryl methyl sites for hydroxylation is 2. The molecule has 0 radical (unpaired) electrons. The Kier molecular flexibility index (Phi) is 3.36. The monoisotopic (exact) mass is 331 g/mol. The Morgan fingerprint density at radius 2 is 1.92 bits per heavy atom. The Bertz CT molecular complexity index is 1120. The summed E-state index contributed by atoms with van der Waals surface area (Å²) in [6.07, 6.45) is 1.48. The molecule has 3 heterocycles. The highest BCUT2D eigenvalue weighted by Gasteiger charge is 2.15. The number of azo groups is 1. The van der Waals surface area contributed by atoms with Crippen molar-refractivity contribution in [2.45, 2.75) is 13.8 Å². The zero-order valence-electron chi connectivity index (χ0n) is 13.5. The van der Waals surface area contributed by atoms with E-state index in [-0.39, 0.29) is 0 Å². The van der Waals surface area contributed by atoms with Crippen molar-refractivity contribution >= 4 is 22.8 Å². The van der Waals surface area contributed by atoms with E-state index < -0.39 is 0 Å². The van der Waals surface area contributed by atoms with Gasteiger partial charge < -0.3 is 0 Å². The molecule has 122 valence electrons. The summed E-state index contributed by atoms with van der Waals surface area (Å²) in [5.41, 5.74) is 3.12. The lowest BCUT2D eigenvalue weighted by molar-refractivity contribution is 0.868. The first-order valence-electron chi connectivity index (χ1n) is 7.52. The molecule has 0 aliphatic carbocycles. The van der Waals surface area contributed by atoms with Crippen LogP contribution >= 0.6 is 0 Å². The van der Waals surface area contributed by atoms with Crippen LogP contribution in [0.3, 0.4) is 0 Å². The van der Waals surface area contributed by atoms with Crippen LogP contribution in [-0.4, -0.2) is 29.6 Å². The SMILES string of the molecule is [C-]#[N+]c1cnn(-c2ccccc2)c1N=Nc1c(C)[nH]n2c(C)nnc12. The van der Waals surface area contributed by atoms with Gasteiger partial charge >= 0.3 is 0 Å². The van der Waals surface area contributed by atoms with Gasteiger partial charge in [0.25, 0.3) is 5.69 Å². The van der Waals surface area contributed by atoms with Crippen LogP contribution in [0.1, 0.15) is 11.5 Å². The summed E-state index contributed by atoms with van der Waals surface area (Å²) in [7, 11) is 0. The van der Waals surface area contributed by atoms with E-state index in [9.17, 15) is 0 Å². The molecule has 25 heavy (non-hydrogen) atoms. The van der Waals surface area contributed by atoms with Crippen LogP contribution in [0.15, 0.2) is 46.8 Å². The Hall–Kier alpha value is -3.80. The van der Waals surface area contributed by atoms with E-state index in [1.165, 1.54) is 6.20 Å². The number of aromatic nitrogens is 6. The van der Waals surface area contributed by atoms with E-state index in [0.717, 1.165) is 17.2 Å². The zero-order valence-corrected chi connectivity index (χ0v) is 13.5. The second-order valence-electron chi connectivity index (χ2n) is 5.40. The number of para-hydroxylation sites is 1. The van der Waals surface area contributed by atoms with Crippen molar-refractivity contribution in [2.75, 3.05) is 0 Å². The fraction of sp³-hybridized carbons (Fsp3) is 0.125. The summed E-state index contributed by atoms with van der Waals surface area (Å²) < 4.78 is 3.33. The minimum atomic E-state index is 0.328. The topological polar surface area (TPSA) is 92.9 Å². The molecule has 0 amide bonds. The van der Waals surface area contributed by atoms with Crippen molar-refractivity contribution in [3.63, 3.8) is 0 Å². The predicted molar refractivity (Wildman–Crippen MR) is 90.8 cm³/mol. The third-order valence-corrected chi connectivity index (χ3v) is 3.76. The molecule has 0 spiro atoms. The van der Waals surface area contributed by atoms with Crippen molar-refractivity contribution < 1.29 is 0 Å². The van der Waals surface area contributed by atoms with E-state index in [1.54, 1.807) is 9.20 Å². The van der Waals surface area contributed by atoms with Crippen LogP contribution in [0.4, 0.5) is 17.2 Å². The zero-order chi connectivity index (χ0) is 17.4. The fourth-order valence-electron chi connectivity index (χ4n) is 2.52. The summed E-state index contributed by atoms with van der Waals surface area (Å²) in [5, 5.41) is 24.1. The molecular weight excluding hydrogens is 318 g/mol. The quantitative estimate of drug-likeness (QED) is 0.457. The number of fused-ring (bicyclic) bond motifs is 1. The molecular formula is C16H13N9. The normalized spacial score (nSPS) is 11.4. The van der Waals surface area contributed by atoms with Gasteiger partial charge in [-0.3, -0.25) is 5.10 Å². The highest BCUT2D eigenvalue weighted by molar-refractivity contribution is 5.68. The summed E-state index contributed by atoms with van der Waals surface area (Å²) >= 11 is 0. The van der Waals surface area contributed by atoms with Gasteiger partial charge in [-0.05, 0) is 26.0 Å². The molecule has 4 rings (SSSR count). The highest BCUT2D eigenvalue weighted by atomic mass is 15.4. The maximum absolute atomic E-state index is 7.33. The lowest BCUT2D eigenvalue weighted by Crippen LogP contribution is -1.94. The summed E-state index contributed by atoms with van der Waals surface area (Å²) in [4.78, 5) is 3.48. The molecule has 1 aromatic carbocycles. The van der Waals surface area contributed by atoms with Crippen LogP contribution in [-0.2, 0) is 0 Å². The molecule has 0 saturated heterocycles. The number of rotatable bonds is 3. The maximum Gasteiger partial charge on any atom is 0.252 e. The van der Waals surface area contributed by atoms with E-state index in [4.69, 9.17) is 6.57 Å². The Balaban J connectivity index is 1.83. The molecule has 0 fully saturated rings. The molecule has 0 aliphatic heterocycles. The third-order valence-electron chi connectivity index (χ3n) is 3.76. The second kappa shape index (κ2) is 5.68. The van der Waals surface area contributed by atoms with Crippen LogP contribution in [0.25, 0.3) is 16.2 Å². The first-order chi connectivity index (χ1) is 12.2. The highest BCUT2D eigenvalue weighted by Crippen LogP contribution is 2.33. The lowest BCUT2D eigenvalue weighted by Gasteiger charge is -2.03. The van der Waals surface area contributed by atoms with E-state index in [2.05, 4.69) is 35.5 Å². The van der Waals surface area contributed by atoms with Crippen molar-refractivity contribution in [1.29, 1.82) is 0 Å². The Labute approximate surface area is 142 Å². The first-order valence-corrected chi connectivity index (χ1v) is 7.52. The number of benzene rings is 1. The van der Waals surface area contributed by atoms with Gasteiger partial charge in [-0.25, -0.2) is 14.0 Å². The third kappa shape index (κ3) is 2.36. The number of hydrogen-bond donors (Lipinski definition) is 1. The van der Waals surface area contributed by atoms with E-state index >= 15 is 0 Å². The molecule has 0 unspecified atom stereocenters. The predicted octanol–water partition coefficient (Wildman–Crippen LogP) is 3.83. The molecule has 4 aromatic rings. The van der Waals surface area contributed by atoms with Gasteiger partial charge in [0.2, 0.25) is 5.65 Å². The van der Waals surface area contributed by atoms with Crippen molar-refractivity contribution in [2.24, 2.45) is 10.2 Å². The van der Waals surface area contributed by atoms with Gasteiger partial charge in [-0.2, -0.15) is 5.10 Å². The average molecular weight is 331 g/mol. The molecule has 9 heteroatoms. The molecule has 3 aromatic heterocycles. The number of H-pyrrole nitrogens is 1. The number of nitrogens with zero attached hydrogens (tertiary/aromatic N) is 8. The summed E-state index contributed by atoms with van der Waals surface area (Å²) in [6, 6.07) is 9.49. The number of aromatic amines is 1. The lowest BCUT2D eigenvalue weighted by atomic mass is 10.3. The van der Waals surface area contributed by atoms with Gasteiger partial charge in [-0.15, -0.1) is 20.4 Å².